The van der Waals surface area contributed by atoms with Gasteiger partial charge in [0.05, 0.1) is 12.5 Å². The number of carbonyl (C=O) groups is 1. The highest BCUT2D eigenvalue weighted by Gasteiger charge is 2.25. The number of carboxylic acid groups (broad SMARTS) is 1. The van der Waals surface area contributed by atoms with Crippen LogP contribution in [-0.2, 0) is 4.79 Å². The van der Waals surface area contributed by atoms with Crippen molar-refractivity contribution in [2.24, 2.45) is 5.92 Å². The molecular weight excluding hydrogens is 320 g/mol. The average Bonchev–Trinajstić information content (AvgIpc) is 3.22. The van der Waals surface area contributed by atoms with Crippen LogP contribution in [0.15, 0.2) is 24.9 Å². The molecule has 25 heavy (non-hydrogen) atoms. The summed E-state index contributed by atoms with van der Waals surface area (Å²) < 4.78 is 4.43. The molecule has 2 atom stereocenters. The molecule has 0 aromatic carbocycles. The first-order chi connectivity index (χ1) is 11.9. The number of imidazole rings is 2. The van der Waals surface area contributed by atoms with Crippen LogP contribution < -0.4 is 0 Å². The predicted octanol–water partition coefficient (Wildman–Crippen LogP) is 3.14. The van der Waals surface area contributed by atoms with Gasteiger partial charge in [0.15, 0.2) is 5.82 Å². The Morgan fingerprint density at radius 2 is 2.12 bits per heavy atom. The van der Waals surface area contributed by atoms with E-state index in [2.05, 4.69) is 39.1 Å². The fourth-order valence-corrected chi connectivity index (χ4v) is 3.38. The smallest absolute Gasteiger partial charge is 0.300 e. The Morgan fingerprint density at radius 3 is 2.76 bits per heavy atom. The third-order valence-electron chi connectivity index (χ3n) is 4.53. The van der Waals surface area contributed by atoms with Gasteiger partial charge in [0.25, 0.3) is 5.97 Å². The van der Waals surface area contributed by atoms with E-state index >= 15 is 0 Å². The lowest BCUT2D eigenvalue weighted by atomic mass is 9.86. The van der Waals surface area contributed by atoms with E-state index in [-0.39, 0.29) is 0 Å². The third kappa shape index (κ3) is 4.92. The minimum Gasteiger partial charge on any atom is -0.481 e. The number of aliphatic carboxylic acids is 1. The minimum absolute atomic E-state index is 0.296. The van der Waals surface area contributed by atoms with Crippen LogP contribution in [0.2, 0.25) is 0 Å². The number of aliphatic hydroxyl groups excluding tert-OH is 1. The molecule has 7 heteroatoms. The zero-order valence-corrected chi connectivity index (χ0v) is 15.2. The lowest BCUT2D eigenvalue weighted by Crippen LogP contribution is -2.22. The second-order valence-corrected chi connectivity index (χ2v) is 6.83. The van der Waals surface area contributed by atoms with E-state index in [4.69, 9.17) is 9.90 Å². The molecule has 0 radical (unpaired) electrons. The first kappa shape index (κ1) is 19.2. The molecule has 1 saturated carbocycles. The molecule has 2 N–H and O–H groups in total. The van der Waals surface area contributed by atoms with Crippen molar-refractivity contribution in [2.45, 2.75) is 58.5 Å². The number of aliphatic hydroxyl groups is 1. The number of carboxylic acids is 1. The number of rotatable bonds is 4. The van der Waals surface area contributed by atoms with Crippen molar-refractivity contribution >= 4 is 5.97 Å². The van der Waals surface area contributed by atoms with Crippen LogP contribution >= 0.6 is 0 Å². The SMILES string of the molecule is CC(=O)O.CC(C)n1cncc1-c1nccn1[C@@H]1CCC[C@@H](CO)C1. The summed E-state index contributed by atoms with van der Waals surface area (Å²) in [5.41, 5.74) is 1.07. The molecule has 0 unspecified atom stereocenters. The van der Waals surface area contributed by atoms with Gasteiger partial charge in [-0.25, -0.2) is 9.97 Å². The molecule has 2 aromatic heterocycles. The van der Waals surface area contributed by atoms with Gasteiger partial charge in [-0.2, -0.15) is 0 Å². The summed E-state index contributed by atoms with van der Waals surface area (Å²) >= 11 is 0. The maximum atomic E-state index is 9.44. The lowest BCUT2D eigenvalue weighted by molar-refractivity contribution is -0.134. The first-order valence-corrected chi connectivity index (χ1v) is 8.79. The molecule has 0 saturated heterocycles. The quantitative estimate of drug-likeness (QED) is 0.885. The van der Waals surface area contributed by atoms with Crippen LogP contribution in [0.25, 0.3) is 11.5 Å². The number of hydrogen-bond donors (Lipinski definition) is 2. The fraction of sp³-hybridized carbons (Fsp3) is 0.611. The summed E-state index contributed by atoms with van der Waals surface area (Å²) in [5, 5.41) is 16.9. The van der Waals surface area contributed by atoms with Crippen LogP contribution in [0.4, 0.5) is 0 Å². The fourth-order valence-electron chi connectivity index (χ4n) is 3.38. The largest absolute Gasteiger partial charge is 0.481 e. The Kier molecular flexibility index (Phi) is 6.75. The molecule has 1 aliphatic carbocycles. The second-order valence-electron chi connectivity index (χ2n) is 6.83. The normalized spacial score (nSPS) is 20.2. The zero-order valence-electron chi connectivity index (χ0n) is 15.2. The number of hydrogen-bond acceptors (Lipinski definition) is 4. The summed E-state index contributed by atoms with van der Waals surface area (Å²) in [6.07, 6.45) is 12.2. The molecule has 0 bridgehead atoms. The summed E-state index contributed by atoms with van der Waals surface area (Å²) in [6.45, 7) is 5.69. The van der Waals surface area contributed by atoms with Gasteiger partial charge in [0, 0.05) is 38.0 Å². The summed E-state index contributed by atoms with van der Waals surface area (Å²) in [6, 6.07) is 0.799. The highest BCUT2D eigenvalue weighted by molar-refractivity contribution is 5.62. The van der Waals surface area contributed by atoms with Crippen molar-refractivity contribution in [3.05, 3.63) is 24.9 Å². The van der Waals surface area contributed by atoms with E-state index in [9.17, 15) is 5.11 Å². The monoisotopic (exact) mass is 348 g/mol. The van der Waals surface area contributed by atoms with E-state index in [1.165, 1.54) is 6.42 Å². The van der Waals surface area contributed by atoms with Gasteiger partial charge < -0.3 is 19.3 Å². The Bertz CT molecular complexity index is 673. The van der Waals surface area contributed by atoms with Gasteiger partial charge in [-0.05, 0) is 39.0 Å². The van der Waals surface area contributed by atoms with Crippen LogP contribution in [0.1, 0.15) is 58.5 Å². The van der Waals surface area contributed by atoms with Crippen molar-refractivity contribution in [1.82, 2.24) is 19.1 Å². The molecule has 0 aliphatic heterocycles. The number of nitrogens with zero attached hydrogens (tertiary/aromatic N) is 4. The third-order valence-corrected chi connectivity index (χ3v) is 4.53. The topological polar surface area (TPSA) is 93.2 Å². The molecule has 138 valence electrons. The maximum Gasteiger partial charge on any atom is 0.300 e. The Hall–Kier alpha value is -2.15. The van der Waals surface area contributed by atoms with Crippen molar-refractivity contribution in [2.75, 3.05) is 6.61 Å². The molecular formula is C18H28N4O3. The summed E-state index contributed by atoms with van der Waals surface area (Å²) in [4.78, 5) is 17.9. The Labute approximate surface area is 148 Å². The molecule has 2 aromatic rings. The standard InChI is InChI=1S/C16H24N4O.C2H4O2/c1-12(2)20-11-17-9-15(20)16-18-6-7-19(16)14-5-3-4-13(8-14)10-21;1-2(3)4/h6-7,9,11-14,21H,3-5,8,10H2,1-2H3;1H3,(H,3,4)/t13-,14-;/m1./s1. The van der Waals surface area contributed by atoms with Crippen LogP contribution in [0.5, 0.6) is 0 Å². The van der Waals surface area contributed by atoms with Gasteiger partial charge in [-0.3, -0.25) is 4.79 Å². The molecule has 1 aliphatic rings. The second kappa shape index (κ2) is 8.80. The van der Waals surface area contributed by atoms with E-state index in [0.717, 1.165) is 37.7 Å². The van der Waals surface area contributed by atoms with E-state index in [1.54, 1.807) is 0 Å². The summed E-state index contributed by atoms with van der Waals surface area (Å²) in [5.74, 6) is 0.582. The van der Waals surface area contributed by atoms with Crippen LogP contribution in [-0.4, -0.2) is 41.9 Å². The molecule has 1 fully saturated rings. The van der Waals surface area contributed by atoms with Gasteiger partial charge in [-0.15, -0.1) is 0 Å². The van der Waals surface area contributed by atoms with Gasteiger partial charge in [-0.1, -0.05) is 6.42 Å². The Morgan fingerprint density at radius 1 is 1.40 bits per heavy atom. The van der Waals surface area contributed by atoms with Crippen LogP contribution in [0, 0.1) is 5.92 Å². The van der Waals surface area contributed by atoms with Crippen molar-refractivity contribution < 1.29 is 15.0 Å². The van der Waals surface area contributed by atoms with E-state index in [0.29, 0.717) is 24.6 Å². The zero-order chi connectivity index (χ0) is 18.4. The summed E-state index contributed by atoms with van der Waals surface area (Å²) in [7, 11) is 0. The Balaban J connectivity index is 0.000000511. The first-order valence-electron chi connectivity index (χ1n) is 8.79. The lowest BCUT2D eigenvalue weighted by Gasteiger charge is -2.30. The number of aromatic nitrogens is 4. The molecule has 7 nitrogen and oxygen atoms in total. The minimum atomic E-state index is -0.833. The predicted molar refractivity (Wildman–Crippen MR) is 95.2 cm³/mol. The van der Waals surface area contributed by atoms with E-state index < -0.39 is 5.97 Å². The van der Waals surface area contributed by atoms with Gasteiger partial charge in [0.1, 0.15) is 5.69 Å². The van der Waals surface area contributed by atoms with Crippen molar-refractivity contribution in [1.29, 1.82) is 0 Å². The van der Waals surface area contributed by atoms with Crippen LogP contribution in [0.3, 0.4) is 0 Å². The van der Waals surface area contributed by atoms with E-state index in [1.807, 2.05) is 18.7 Å². The molecule has 3 rings (SSSR count). The van der Waals surface area contributed by atoms with Gasteiger partial charge in [0.2, 0.25) is 0 Å². The molecule has 0 spiro atoms. The highest BCUT2D eigenvalue weighted by Crippen LogP contribution is 2.35. The highest BCUT2D eigenvalue weighted by atomic mass is 16.4. The van der Waals surface area contributed by atoms with Gasteiger partial charge >= 0.3 is 0 Å². The molecule has 2 heterocycles. The molecule has 0 amide bonds. The van der Waals surface area contributed by atoms with Crippen molar-refractivity contribution in [3.63, 3.8) is 0 Å². The average molecular weight is 348 g/mol. The van der Waals surface area contributed by atoms with Crippen molar-refractivity contribution in [3.8, 4) is 11.5 Å². The maximum absolute atomic E-state index is 9.44.